The third-order valence-electron chi connectivity index (χ3n) is 4.37. The van der Waals surface area contributed by atoms with Gasteiger partial charge in [-0.3, -0.25) is 9.36 Å². The molecule has 0 saturated heterocycles. The number of nitrogens with one attached hydrogen (secondary N) is 1. The Morgan fingerprint density at radius 1 is 1.16 bits per heavy atom. The van der Waals surface area contributed by atoms with Crippen molar-refractivity contribution < 1.29 is 9.53 Å². The molecule has 0 aliphatic carbocycles. The first kappa shape index (κ1) is 20.7. The molecule has 7 nitrogen and oxygen atoms in total. The summed E-state index contributed by atoms with van der Waals surface area (Å²) in [6.45, 7) is 0. The van der Waals surface area contributed by atoms with Crippen LogP contribution in [0.2, 0.25) is 0 Å². The number of aromatic nitrogens is 3. The molecule has 0 atom stereocenters. The van der Waals surface area contributed by atoms with Gasteiger partial charge in [-0.1, -0.05) is 42.1 Å². The molecule has 2 heterocycles. The number of thioether (sulfide) groups is 1. The second kappa shape index (κ2) is 9.47. The topological polar surface area (TPSA) is 92.8 Å². The predicted molar refractivity (Wildman–Crippen MR) is 122 cm³/mol. The number of benzene rings is 2. The SMILES string of the molecule is COc1ccc(-n2c(SCC(=O)Nc3sccc3C#N)nnc2-c2ccccc2)cc1. The van der Waals surface area contributed by atoms with Gasteiger partial charge in [0.15, 0.2) is 11.0 Å². The van der Waals surface area contributed by atoms with Gasteiger partial charge in [-0.15, -0.1) is 21.5 Å². The Bertz CT molecular complexity index is 1230. The number of carbonyl (C=O) groups excluding carboxylic acids is 1. The average Bonchev–Trinajstić information content (AvgIpc) is 3.45. The normalized spacial score (nSPS) is 10.5. The van der Waals surface area contributed by atoms with Crippen molar-refractivity contribution in [2.45, 2.75) is 5.16 Å². The molecule has 0 aliphatic heterocycles. The fourth-order valence-electron chi connectivity index (χ4n) is 2.89. The monoisotopic (exact) mass is 447 g/mol. The van der Waals surface area contributed by atoms with Gasteiger partial charge in [0, 0.05) is 11.3 Å². The van der Waals surface area contributed by atoms with Crippen LogP contribution in [0.25, 0.3) is 17.1 Å². The van der Waals surface area contributed by atoms with Gasteiger partial charge in [0.05, 0.1) is 18.4 Å². The highest BCUT2D eigenvalue weighted by molar-refractivity contribution is 7.99. The van der Waals surface area contributed by atoms with Crippen LogP contribution in [0.3, 0.4) is 0 Å². The van der Waals surface area contributed by atoms with Crippen LogP contribution in [0, 0.1) is 11.3 Å². The van der Waals surface area contributed by atoms with Gasteiger partial charge in [-0.25, -0.2) is 0 Å². The predicted octanol–water partition coefficient (Wildman–Crippen LogP) is 4.61. The molecular weight excluding hydrogens is 430 g/mol. The molecule has 0 bridgehead atoms. The number of hydrogen-bond donors (Lipinski definition) is 1. The number of hydrogen-bond acceptors (Lipinski definition) is 7. The van der Waals surface area contributed by atoms with Crippen molar-refractivity contribution in [1.82, 2.24) is 14.8 Å². The Hall–Kier alpha value is -3.61. The molecule has 2 aromatic carbocycles. The molecule has 0 aliphatic rings. The lowest BCUT2D eigenvalue weighted by molar-refractivity contribution is -0.113. The van der Waals surface area contributed by atoms with E-state index in [1.165, 1.54) is 23.1 Å². The minimum absolute atomic E-state index is 0.131. The van der Waals surface area contributed by atoms with Crippen molar-refractivity contribution in [3.05, 3.63) is 71.6 Å². The summed E-state index contributed by atoms with van der Waals surface area (Å²) in [4.78, 5) is 12.5. The van der Waals surface area contributed by atoms with Crippen molar-refractivity contribution in [2.24, 2.45) is 0 Å². The molecular formula is C22H17N5O2S2. The van der Waals surface area contributed by atoms with Gasteiger partial charge in [0.2, 0.25) is 5.91 Å². The summed E-state index contributed by atoms with van der Waals surface area (Å²) in [5, 5.41) is 23.5. The van der Waals surface area contributed by atoms with Crippen LogP contribution in [0.1, 0.15) is 5.56 Å². The van der Waals surface area contributed by atoms with Crippen molar-refractivity contribution in [1.29, 1.82) is 5.26 Å². The highest BCUT2D eigenvalue weighted by atomic mass is 32.2. The van der Waals surface area contributed by atoms with E-state index in [9.17, 15) is 4.79 Å². The van der Waals surface area contributed by atoms with E-state index in [1.54, 1.807) is 18.6 Å². The fraction of sp³-hybridized carbons (Fsp3) is 0.0909. The first-order valence-electron chi connectivity index (χ1n) is 9.25. The fourth-order valence-corrected chi connectivity index (χ4v) is 4.39. The Kier molecular flexibility index (Phi) is 6.31. The number of ether oxygens (including phenoxy) is 1. The molecule has 0 unspecified atom stereocenters. The van der Waals surface area contributed by atoms with Crippen LogP contribution in [0.4, 0.5) is 5.00 Å². The summed E-state index contributed by atoms with van der Waals surface area (Å²) < 4.78 is 7.17. The summed E-state index contributed by atoms with van der Waals surface area (Å²) >= 11 is 2.60. The molecule has 4 rings (SSSR count). The number of nitrogens with zero attached hydrogens (tertiary/aromatic N) is 4. The molecule has 4 aromatic rings. The minimum Gasteiger partial charge on any atom is -0.497 e. The van der Waals surface area contributed by atoms with E-state index in [2.05, 4.69) is 21.6 Å². The van der Waals surface area contributed by atoms with Gasteiger partial charge < -0.3 is 10.1 Å². The first-order chi connectivity index (χ1) is 15.2. The lowest BCUT2D eigenvalue weighted by Crippen LogP contribution is -2.14. The molecule has 0 spiro atoms. The second-order valence-corrected chi connectivity index (χ2v) is 8.18. The van der Waals surface area contributed by atoms with E-state index in [0.717, 1.165) is 17.0 Å². The number of methoxy groups -OCH3 is 1. The third-order valence-corrected chi connectivity index (χ3v) is 6.13. The van der Waals surface area contributed by atoms with Crippen LogP contribution >= 0.6 is 23.1 Å². The summed E-state index contributed by atoms with van der Waals surface area (Å²) in [5.41, 5.74) is 2.23. The molecule has 0 radical (unpaired) electrons. The van der Waals surface area contributed by atoms with Crippen LogP contribution in [-0.2, 0) is 4.79 Å². The lowest BCUT2D eigenvalue weighted by atomic mass is 10.2. The minimum atomic E-state index is -0.213. The van der Waals surface area contributed by atoms with Crippen LogP contribution in [-0.4, -0.2) is 33.5 Å². The third kappa shape index (κ3) is 4.60. The van der Waals surface area contributed by atoms with Crippen LogP contribution < -0.4 is 10.1 Å². The summed E-state index contributed by atoms with van der Waals surface area (Å²) in [6.07, 6.45) is 0. The smallest absolute Gasteiger partial charge is 0.235 e. The van der Waals surface area contributed by atoms with Gasteiger partial charge in [-0.05, 0) is 35.7 Å². The number of anilines is 1. The summed E-state index contributed by atoms with van der Waals surface area (Å²) in [7, 11) is 1.62. The highest BCUT2D eigenvalue weighted by Gasteiger charge is 2.18. The Morgan fingerprint density at radius 2 is 1.94 bits per heavy atom. The summed E-state index contributed by atoms with van der Waals surface area (Å²) in [5.74, 6) is 1.34. The quantitative estimate of drug-likeness (QED) is 0.416. The molecule has 154 valence electrons. The van der Waals surface area contributed by atoms with Gasteiger partial charge in [-0.2, -0.15) is 5.26 Å². The molecule has 31 heavy (non-hydrogen) atoms. The van der Waals surface area contributed by atoms with Gasteiger partial charge in [0.1, 0.15) is 16.8 Å². The van der Waals surface area contributed by atoms with E-state index in [1.807, 2.05) is 59.2 Å². The maximum Gasteiger partial charge on any atom is 0.235 e. The standard InChI is InChI=1S/C22H17N5O2S2/c1-29-18-9-7-17(8-10-18)27-20(15-5-3-2-4-6-15)25-26-22(27)31-14-19(28)24-21-16(13-23)11-12-30-21/h2-12H,14H2,1H3,(H,24,28). The largest absolute Gasteiger partial charge is 0.497 e. The van der Waals surface area contributed by atoms with E-state index in [4.69, 9.17) is 10.00 Å². The van der Waals surface area contributed by atoms with Crippen molar-refractivity contribution in [3.63, 3.8) is 0 Å². The number of carbonyl (C=O) groups is 1. The van der Waals surface area contributed by atoms with Crippen LogP contribution in [0.5, 0.6) is 5.75 Å². The zero-order valence-corrected chi connectivity index (χ0v) is 18.1. The van der Waals surface area contributed by atoms with E-state index >= 15 is 0 Å². The van der Waals surface area contributed by atoms with Crippen molar-refractivity contribution in [3.8, 4) is 28.9 Å². The van der Waals surface area contributed by atoms with Crippen LogP contribution in [0.15, 0.2) is 71.2 Å². The van der Waals surface area contributed by atoms with E-state index in [-0.39, 0.29) is 11.7 Å². The molecule has 1 N–H and O–H groups in total. The second-order valence-electron chi connectivity index (χ2n) is 6.32. The molecule has 0 saturated carbocycles. The zero-order valence-electron chi connectivity index (χ0n) is 16.5. The average molecular weight is 448 g/mol. The number of amides is 1. The van der Waals surface area contributed by atoms with E-state index < -0.39 is 0 Å². The zero-order chi connectivity index (χ0) is 21.6. The Balaban J connectivity index is 1.60. The van der Waals surface area contributed by atoms with Crippen molar-refractivity contribution in [2.75, 3.05) is 18.2 Å². The molecule has 0 fully saturated rings. The van der Waals surface area contributed by atoms with E-state index in [0.29, 0.717) is 21.5 Å². The lowest BCUT2D eigenvalue weighted by Gasteiger charge is -2.11. The highest BCUT2D eigenvalue weighted by Crippen LogP contribution is 2.29. The maximum atomic E-state index is 12.5. The first-order valence-corrected chi connectivity index (χ1v) is 11.1. The maximum absolute atomic E-state index is 12.5. The number of nitriles is 1. The van der Waals surface area contributed by atoms with Gasteiger partial charge >= 0.3 is 0 Å². The Morgan fingerprint density at radius 3 is 2.65 bits per heavy atom. The number of thiophene rings is 1. The molecule has 9 heteroatoms. The van der Waals surface area contributed by atoms with Gasteiger partial charge in [0.25, 0.3) is 0 Å². The van der Waals surface area contributed by atoms with Crippen molar-refractivity contribution >= 4 is 34.0 Å². The molecule has 1 amide bonds. The number of rotatable bonds is 7. The molecule has 2 aromatic heterocycles. The Labute approximate surface area is 187 Å². The summed E-state index contributed by atoms with van der Waals surface area (Å²) in [6, 6.07) is 21.1.